The summed E-state index contributed by atoms with van der Waals surface area (Å²) in [6, 6.07) is 16.8. The summed E-state index contributed by atoms with van der Waals surface area (Å²) in [4.78, 5) is 24.2. The van der Waals surface area contributed by atoms with E-state index in [0.29, 0.717) is 32.7 Å². The second-order valence-corrected chi connectivity index (χ2v) is 9.20. The number of H-pyrrole nitrogens is 1. The molecular formula is C24H19ClN6OS. The van der Waals surface area contributed by atoms with Crippen molar-refractivity contribution in [1.82, 2.24) is 29.7 Å². The highest BCUT2D eigenvalue weighted by atomic mass is 35.5. The molecular weight excluding hydrogens is 456 g/mol. The van der Waals surface area contributed by atoms with Gasteiger partial charge in [-0.15, -0.1) is 10.2 Å². The van der Waals surface area contributed by atoms with Gasteiger partial charge >= 0.3 is 0 Å². The van der Waals surface area contributed by atoms with Gasteiger partial charge in [0.15, 0.2) is 11.0 Å². The summed E-state index contributed by atoms with van der Waals surface area (Å²) in [7, 11) is 0. The number of para-hydroxylation sites is 1. The number of rotatable bonds is 5. The molecule has 0 aliphatic carbocycles. The number of hydrogen-bond acceptors (Lipinski definition) is 6. The van der Waals surface area contributed by atoms with Gasteiger partial charge in [-0.1, -0.05) is 41.6 Å². The van der Waals surface area contributed by atoms with Crippen molar-refractivity contribution in [3.63, 3.8) is 0 Å². The van der Waals surface area contributed by atoms with E-state index in [1.165, 1.54) is 11.8 Å². The molecule has 0 radical (unpaired) electrons. The zero-order valence-electron chi connectivity index (χ0n) is 17.9. The number of nitrogens with zero attached hydrogens (tertiary/aromatic N) is 5. The number of benzene rings is 2. The number of thioether (sulfide) groups is 1. The molecule has 0 aliphatic heterocycles. The molecule has 1 atom stereocenters. The standard InChI is InChI=1S/C24H19ClN6OS/c1-14-18(25)7-5-9-20(14)31-22(16-10-12-26-13-11-16)29-30-24(31)33-15(2)21-27-19-8-4-3-6-17(19)23(32)28-21/h3-13,15H,1-2H3,(H,27,28,32). The third kappa shape index (κ3) is 4.03. The van der Waals surface area contributed by atoms with E-state index in [1.54, 1.807) is 18.5 Å². The summed E-state index contributed by atoms with van der Waals surface area (Å²) >= 11 is 7.90. The zero-order valence-corrected chi connectivity index (χ0v) is 19.4. The van der Waals surface area contributed by atoms with E-state index in [2.05, 4.69) is 25.1 Å². The van der Waals surface area contributed by atoms with Gasteiger partial charge in [0, 0.05) is 23.0 Å². The number of pyridine rings is 1. The molecule has 7 nitrogen and oxygen atoms in total. The lowest BCUT2D eigenvalue weighted by atomic mass is 10.2. The van der Waals surface area contributed by atoms with Gasteiger partial charge in [-0.3, -0.25) is 14.3 Å². The normalized spacial score (nSPS) is 12.2. The SMILES string of the molecule is Cc1c(Cl)cccc1-n1c(SC(C)c2nc3ccccc3c(=O)[nH]2)nnc1-c1ccncc1. The molecule has 1 N–H and O–H groups in total. The molecule has 33 heavy (non-hydrogen) atoms. The molecule has 3 aromatic heterocycles. The van der Waals surface area contributed by atoms with E-state index >= 15 is 0 Å². The monoisotopic (exact) mass is 474 g/mol. The van der Waals surface area contributed by atoms with Crippen LogP contribution in [0.15, 0.2) is 76.9 Å². The molecule has 5 aromatic rings. The van der Waals surface area contributed by atoms with Gasteiger partial charge in [-0.2, -0.15) is 0 Å². The van der Waals surface area contributed by atoms with Crippen molar-refractivity contribution < 1.29 is 0 Å². The third-order valence-electron chi connectivity index (χ3n) is 5.35. The van der Waals surface area contributed by atoms with Crippen molar-refractivity contribution in [3.05, 3.63) is 93.8 Å². The van der Waals surface area contributed by atoms with Crippen LogP contribution in [-0.2, 0) is 0 Å². The Morgan fingerprint density at radius 3 is 2.64 bits per heavy atom. The number of fused-ring (bicyclic) bond motifs is 1. The molecule has 164 valence electrons. The fourth-order valence-electron chi connectivity index (χ4n) is 3.60. The molecule has 0 fully saturated rings. The minimum Gasteiger partial charge on any atom is -0.309 e. The molecule has 9 heteroatoms. The quantitative estimate of drug-likeness (QED) is 0.344. The van der Waals surface area contributed by atoms with Crippen molar-refractivity contribution in [3.8, 4) is 17.1 Å². The first kappa shape index (κ1) is 21.4. The molecule has 0 bridgehead atoms. The Morgan fingerprint density at radius 2 is 1.82 bits per heavy atom. The first-order chi connectivity index (χ1) is 16.0. The molecule has 0 saturated carbocycles. The Labute approximate surface area is 198 Å². The second-order valence-electron chi connectivity index (χ2n) is 7.49. The van der Waals surface area contributed by atoms with E-state index in [4.69, 9.17) is 11.6 Å². The number of nitrogens with one attached hydrogen (secondary N) is 1. The summed E-state index contributed by atoms with van der Waals surface area (Å²) in [5.41, 5.74) is 3.18. The zero-order chi connectivity index (χ0) is 22.9. The van der Waals surface area contributed by atoms with Crippen molar-refractivity contribution in [2.75, 3.05) is 0 Å². The number of hydrogen-bond donors (Lipinski definition) is 1. The van der Waals surface area contributed by atoms with Gasteiger partial charge in [0.2, 0.25) is 0 Å². The molecule has 5 rings (SSSR count). The van der Waals surface area contributed by atoms with Crippen LogP contribution in [0.4, 0.5) is 0 Å². The summed E-state index contributed by atoms with van der Waals surface area (Å²) in [5.74, 6) is 1.25. The second kappa shape index (κ2) is 8.80. The molecule has 1 unspecified atom stereocenters. The Morgan fingerprint density at radius 1 is 1.03 bits per heavy atom. The Balaban J connectivity index is 1.61. The number of halogens is 1. The Bertz CT molecular complexity index is 1510. The Hall–Kier alpha value is -3.49. The smallest absolute Gasteiger partial charge is 0.258 e. The van der Waals surface area contributed by atoms with Crippen LogP contribution in [-0.4, -0.2) is 29.7 Å². The van der Waals surface area contributed by atoms with Gasteiger partial charge in [-0.25, -0.2) is 4.98 Å². The molecule has 0 aliphatic rings. The van der Waals surface area contributed by atoms with Crippen LogP contribution in [0.5, 0.6) is 0 Å². The van der Waals surface area contributed by atoms with Crippen molar-refractivity contribution >= 4 is 34.3 Å². The van der Waals surface area contributed by atoms with Crippen molar-refractivity contribution in [2.24, 2.45) is 0 Å². The van der Waals surface area contributed by atoms with Crippen LogP contribution in [0.3, 0.4) is 0 Å². The highest BCUT2D eigenvalue weighted by Crippen LogP contribution is 2.37. The fraction of sp³-hybridized carbons (Fsp3) is 0.125. The molecule has 3 heterocycles. The highest BCUT2D eigenvalue weighted by molar-refractivity contribution is 7.99. The predicted octanol–water partition coefficient (Wildman–Crippen LogP) is 5.38. The van der Waals surface area contributed by atoms with E-state index in [-0.39, 0.29) is 10.8 Å². The largest absolute Gasteiger partial charge is 0.309 e. The third-order valence-corrected chi connectivity index (χ3v) is 6.81. The van der Waals surface area contributed by atoms with E-state index < -0.39 is 0 Å². The first-order valence-corrected chi connectivity index (χ1v) is 11.6. The maximum atomic E-state index is 12.6. The van der Waals surface area contributed by atoms with Crippen LogP contribution in [0.2, 0.25) is 5.02 Å². The van der Waals surface area contributed by atoms with Gasteiger partial charge in [0.1, 0.15) is 5.82 Å². The van der Waals surface area contributed by atoms with E-state index in [1.807, 2.05) is 66.9 Å². The maximum Gasteiger partial charge on any atom is 0.258 e. The average Bonchev–Trinajstić information content (AvgIpc) is 3.24. The van der Waals surface area contributed by atoms with Gasteiger partial charge in [0.25, 0.3) is 5.56 Å². The number of aromatic nitrogens is 6. The van der Waals surface area contributed by atoms with Gasteiger partial charge in [-0.05, 0) is 55.8 Å². The van der Waals surface area contributed by atoms with Crippen molar-refractivity contribution in [1.29, 1.82) is 0 Å². The van der Waals surface area contributed by atoms with E-state index in [9.17, 15) is 4.79 Å². The maximum absolute atomic E-state index is 12.6. The summed E-state index contributed by atoms with van der Waals surface area (Å²) in [5, 5.41) is 10.7. The first-order valence-electron chi connectivity index (χ1n) is 10.3. The minimum atomic E-state index is -0.185. The summed E-state index contributed by atoms with van der Waals surface area (Å²) in [6.45, 7) is 3.95. The van der Waals surface area contributed by atoms with Crippen molar-refractivity contribution in [2.45, 2.75) is 24.3 Å². The van der Waals surface area contributed by atoms with Crippen LogP contribution in [0.1, 0.15) is 23.6 Å². The summed E-state index contributed by atoms with van der Waals surface area (Å²) in [6.07, 6.45) is 3.44. The van der Waals surface area contributed by atoms with Gasteiger partial charge < -0.3 is 4.98 Å². The fourth-order valence-corrected chi connectivity index (χ4v) is 4.69. The minimum absolute atomic E-state index is 0.160. The molecule has 0 amide bonds. The van der Waals surface area contributed by atoms with Crippen LogP contribution < -0.4 is 5.56 Å². The highest BCUT2D eigenvalue weighted by Gasteiger charge is 2.22. The summed E-state index contributed by atoms with van der Waals surface area (Å²) < 4.78 is 1.98. The Kier molecular flexibility index (Phi) is 5.70. The van der Waals surface area contributed by atoms with Gasteiger partial charge in [0.05, 0.1) is 21.8 Å². The lowest BCUT2D eigenvalue weighted by Crippen LogP contribution is -2.13. The lowest BCUT2D eigenvalue weighted by Gasteiger charge is -2.16. The van der Waals surface area contributed by atoms with Crippen LogP contribution in [0.25, 0.3) is 28.0 Å². The molecule has 0 spiro atoms. The molecule has 0 saturated heterocycles. The predicted molar refractivity (Wildman–Crippen MR) is 131 cm³/mol. The average molecular weight is 475 g/mol. The molecule has 2 aromatic carbocycles. The lowest BCUT2D eigenvalue weighted by molar-refractivity contribution is 0.859. The van der Waals surface area contributed by atoms with Crippen LogP contribution in [0, 0.1) is 6.92 Å². The number of aromatic amines is 1. The van der Waals surface area contributed by atoms with Crippen LogP contribution >= 0.6 is 23.4 Å². The topological polar surface area (TPSA) is 89.4 Å². The van der Waals surface area contributed by atoms with E-state index in [0.717, 1.165) is 16.8 Å².